The van der Waals surface area contributed by atoms with E-state index in [-0.39, 0.29) is 5.57 Å². The molecule has 0 amide bonds. The van der Waals surface area contributed by atoms with Crippen LogP contribution in [0.2, 0.25) is 0 Å². The number of nitrogens with zero attached hydrogens (tertiary/aromatic N) is 2. The number of rotatable bonds is 3. The first-order chi connectivity index (χ1) is 17.2. The van der Waals surface area contributed by atoms with Crippen LogP contribution >= 0.6 is 0 Å². The van der Waals surface area contributed by atoms with Gasteiger partial charge in [-0.05, 0) is 61.0 Å². The van der Waals surface area contributed by atoms with Crippen molar-refractivity contribution in [2.75, 3.05) is 0 Å². The molecule has 1 heterocycles. The zero-order valence-electron chi connectivity index (χ0n) is 18.9. The van der Waals surface area contributed by atoms with Crippen LogP contribution in [0.3, 0.4) is 0 Å². The number of fused-ring (bicyclic) bond motifs is 3. The largest absolute Gasteiger partial charge is 0.419 e. The van der Waals surface area contributed by atoms with E-state index in [1.165, 1.54) is 6.08 Å². The molecule has 0 atom stereocenters. The Labute approximate surface area is 203 Å². The van der Waals surface area contributed by atoms with Gasteiger partial charge in [0.15, 0.2) is 11.6 Å². The number of aryl methyl sites for hydroxylation is 1. The Morgan fingerprint density at radius 3 is 2.22 bits per heavy atom. The molecule has 0 fully saturated rings. The number of aromatic nitrogens is 1. The van der Waals surface area contributed by atoms with E-state index >= 15 is 0 Å². The van der Waals surface area contributed by atoms with Crippen LogP contribution in [0.5, 0.6) is 0 Å². The Morgan fingerprint density at radius 1 is 0.833 bits per heavy atom. The molecule has 0 aliphatic heterocycles. The number of hydrogen-bond donors (Lipinski definition) is 0. The Hall–Kier alpha value is -4.44. The van der Waals surface area contributed by atoms with E-state index in [9.17, 15) is 27.2 Å². The van der Waals surface area contributed by atoms with Gasteiger partial charge in [0.05, 0.1) is 28.2 Å². The summed E-state index contributed by atoms with van der Waals surface area (Å²) in [6.45, 7) is 2.01. The second-order valence-corrected chi connectivity index (χ2v) is 8.42. The molecule has 0 saturated carbocycles. The second kappa shape index (κ2) is 8.65. The van der Waals surface area contributed by atoms with Crippen LogP contribution in [-0.4, -0.2) is 4.57 Å². The predicted octanol–water partition coefficient (Wildman–Crippen LogP) is 8.45. The van der Waals surface area contributed by atoms with Gasteiger partial charge in [-0.1, -0.05) is 42.0 Å². The first kappa shape index (κ1) is 23.3. The quantitative estimate of drug-likeness (QED) is 0.142. The van der Waals surface area contributed by atoms with Crippen molar-refractivity contribution in [2.24, 2.45) is 0 Å². The van der Waals surface area contributed by atoms with Crippen molar-refractivity contribution in [2.45, 2.75) is 13.1 Å². The van der Waals surface area contributed by atoms with Crippen LogP contribution in [0, 0.1) is 29.9 Å². The highest BCUT2D eigenvalue weighted by molar-refractivity contribution is 6.10. The highest BCUT2D eigenvalue weighted by Crippen LogP contribution is 2.36. The molecular formula is C29H17F5N2. The molecule has 5 rings (SSSR count). The topological polar surface area (TPSA) is 28.7 Å². The van der Waals surface area contributed by atoms with E-state index in [0.717, 1.165) is 39.1 Å². The van der Waals surface area contributed by atoms with Gasteiger partial charge in [0, 0.05) is 22.0 Å². The van der Waals surface area contributed by atoms with E-state index in [1.807, 2.05) is 67.6 Å². The lowest BCUT2D eigenvalue weighted by molar-refractivity contribution is -0.140. The van der Waals surface area contributed by atoms with Crippen molar-refractivity contribution >= 4 is 33.5 Å². The molecule has 0 N–H and O–H groups in total. The van der Waals surface area contributed by atoms with Crippen LogP contribution < -0.4 is 0 Å². The molecule has 0 bridgehead atoms. The van der Waals surface area contributed by atoms with Crippen LogP contribution in [0.25, 0.3) is 39.1 Å². The Morgan fingerprint density at radius 2 is 1.53 bits per heavy atom. The van der Waals surface area contributed by atoms with Crippen LogP contribution in [-0.2, 0) is 6.18 Å². The maximum absolute atomic E-state index is 14.5. The normalized spacial score (nSPS) is 12.3. The monoisotopic (exact) mass is 488 g/mol. The lowest BCUT2D eigenvalue weighted by atomic mass is 10.00. The van der Waals surface area contributed by atoms with Gasteiger partial charge in [0.25, 0.3) is 0 Å². The summed E-state index contributed by atoms with van der Waals surface area (Å²) in [5.41, 5.74) is 1.94. The summed E-state index contributed by atoms with van der Waals surface area (Å²) in [6.07, 6.45) is -3.71. The summed E-state index contributed by atoms with van der Waals surface area (Å²) >= 11 is 0. The van der Waals surface area contributed by atoms with Gasteiger partial charge in [-0.15, -0.1) is 0 Å². The van der Waals surface area contributed by atoms with Crippen molar-refractivity contribution in [3.8, 4) is 11.8 Å². The lowest BCUT2D eigenvalue weighted by Crippen LogP contribution is -2.10. The SMILES string of the molecule is Cc1ccc(-n2c3ccccc3c3cc(/C=C(\C#N)c4ccc(C(F)(F)F)c(F)c4F)ccc32)cc1. The number of hydrogen-bond acceptors (Lipinski definition) is 1. The van der Waals surface area contributed by atoms with Gasteiger partial charge in [-0.2, -0.15) is 18.4 Å². The fourth-order valence-corrected chi connectivity index (χ4v) is 4.37. The smallest absolute Gasteiger partial charge is 0.309 e. The van der Waals surface area contributed by atoms with Crippen molar-refractivity contribution in [1.29, 1.82) is 5.26 Å². The summed E-state index contributed by atoms with van der Waals surface area (Å²) in [6, 6.07) is 24.3. The third kappa shape index (κ3) is 3.91. The fraction of sp³-hybridized carbons (Fsp3) is 0.0690. The molecule has 36 heavy (non-hydrogen) atoms. The maximum Gasteiger partial charge on any atom is 0.419 e. The molecule has 0 spiro atoms. The van der Waals surface area contributed by atoms with Gasteiger partial charge < -0.3 is 4.57 Å². The Kier molecular flexibility index (Phi) is 5.60. The third-order valence-corrected chi connectivity index (χ3v) is 6.10. The average Bonchev–Trinajstić information content (AvgIpc) is 3.18. The number of halogens is 5. The molecule has 1 aromatic heterocycles. The first-order valence-corrected chi connectivity index (χ1v) is 11.0. The van der Waals surface area contributed by atoms with Crippen LogP contribution in [0.4, 0.5) is 22.0 Å². The summed E-state index contributed by atoms with van der Waals surface area (Å²) in [5.74, 6) is -3.74. The van der Waals surface area contributed by atoms with E-state index in [4.69, 9.17) is 0 Å². The minimum Gasteiger partial charge on any atom is -0.309 e. The second-order valence-electron chi connectivity index (χ2n) is 8.42. The standard InChI is InChI=1S/C29H17F5N2/c1-17-6-9-20(10-7-17)36-25-5-3-2-4-22(25)23-15-18(8-13-26(23)36)14-19(16-35)21-11-12-24(29(32,33)34)28(31)27(21)30/h2-15H,1H3/b19-14+. The molecule has 178 valence electrons. The van der Waals surface area contributed by atoms with Crippen LogP contribution in [0.1, 0.15) is 22.3 Å². The zero-order valence-corrected chi connectivity index (χ0v) is 18.9. The average molecular weight is 488 g/mol. The third-order valence-electron chi connectivity index (χ3n) is 6.10. The molecule has 5 aromatic rings. The van der Waals surface area contributed by atoms with E-state index in [0.29, 0.717) is 11.6 Å². The molecule has 0 radical (unpaired) electrons. The Balaban J connectivity index is 1.67. The van der Waals surface area contributed by atoms with Gasteiger partial charge >= 0.3 is 6.18 Å². The first-order valence-electron chi connectivity index (χ1n) is 11.0. The summed E-state index contributed by atoms with van der Waals surface area (Å²) in [5, 5.41) is 11.4. The minimum absolute atomic E-state index is 0.290. The molecule has 4 aromatic carbocycles. The Bertz CT molecular complexity index is 1700. The molecule has 0 aliphatic rings. The highest BCUT2D eigenvalue weighted by Gasteiger charge is 2.36. The molecule has 0 unspecified atom stereocenters. The zero-order chi connectivity index (χ0) is 25.6. The summed E-state index contributed by atoms with van der Waals surface area (Å²) in [4.78, 5) is 0. The number of para-hydroxylation sites is 1. The molecule has 0 aliphatic carbocycles. The van der Waals surface area contributed by atoms with Gasteiger partial charge in [0.2, 0.25) is 0 Å². The molecule has 7 heteroatoms. The molecule has 2 nitrogen and oxygen atoms in total. The molecular weight excluding hydrogens is 471 g/mol. The predicted molar refractivity (Wildman–Crippen MR) is 130 cm³/mol. The van der Waals surface area contributed by atoms with Crippen LogP contribution in [0.15, 0.2) is 78.9 Å². The van der Waals surface area contributed by atoms with Gasteiger partial charge in [0.1, 0.15) is 0 Å². The fourth-order valence-electron chi connectivity index (χ4n) is 4.37. The van der Waals surface area contributed by atoms with Crippen molar-refractivity contribution in [3.63, 3.8) is 0 Å². The summed E-state index contributed by atoms with van der Waals surface area (Å²) < 4.78 is 69.5. The van der Waals surface area contributed by atoms with E-state index < -0.39 is 28.9 Å². The minimum atomic E-state index is -5.04. The van der Waals surface area contributed by atoms with Crippen molar-refractivity contribution in [3.05, 3.63) is 113 Å². The van der Waals surface area contributed by atoms with Gasteiger partial charge in [-0.3, -0.25) is 0 Å². The number of benzene rings is 4. The van der Waals surface area contributed by atoms with E-state index in [1.54, 1.807) is 12.1 Å². The van der Waals surface area contributed by atoms with Crippen molar-refractivity contribution in [1.82, 2.24) is 4.57 Å². The number of allylic oxidation sites excluding steroid dienone is 1. The lowest BCUT2D eigenvalue weighted by Gasteiger charge is -2.11. The molecule has 0 saturated heterocycles. The van der Waals surface area contributed by atoms with E-state index in [2.05, 4.69) is 4.57 Å². The highest BCUT2D eigenvalue weighted by atomic mass is 19.4. The number of alkyl halides is 3. The summed E-state index contributed by atoms with van der Waals surface area (Å²) in [7, 11) is 0. The van der Waals surface area contributed by atoms with Crippen molar-refractivity contribution < 1.29 is 22.0 Å². The van der Waals surface area contributed by atoms with Gasteiger partial charge in [-0.25, -0.2) is 8.78 Å². The maximum atomic E-state index is 14.5. The number of nitriles is 1.